The van der Waals surface area contributed by atoms with E-state index in [1.807, 2.05) is 48.5 Å². The second-order valence-electron chi connectivity index (χ2n) is 4.80. The predicted molar refractivity (Wildman–Crippen MR) is 81.7 cm³/mol. The molecule has 2 rings (SSSR count). The Balaban J connectivity index is 2.10. The van der Waals surface area contributed by atoms with Crippen molar-refractivity contribution in [2.45, 2.75) is 18.9 Å². The molecule has 0 bridgehead atoms. The molecule has 0 saturated carbocycles. The Morgan fingerprint density at radius 2 is 1.55 bits per heavy atom. The molecule has 0 aromatic heterocycles. The van der Waals surface area contributed by atoms with Crippen molar-refractivity contribution in [3.8, 4) is 16.9 Å². The van der Waals surface area contributed by atoms with Gasteiger partial charge in [-0.25, -0.2) is 0 Å². The number of hydrogen-bond acceptors (Lipinski definition) is 3. The SMILES string of the molecule is COc1ccc(-c2ccc(C(O)CCCN)cc2)cc1. The number of rotatable bonds is 6. The average molecular weight is 271 g/mol. The van der Waals surface area contributed by atoms with Crippen LogP contribution in [0.5, 0.6) is 5.75 Å². The lowest BCUT2D eigenvalue weighted by molar-refractivity contribution is 0.165. The van der Waals surface area contributed by atoms with Gasteiger partial charge < -0.3 is 15.6 Å². The summed E-state index contributed by atoms with van der Waals surface area (Å²) in [5, 5.41) is 10.0. The van der Waals surface area contributed by atoms with E-state index in [4.69, 9.17) is 10.5 Å². The first kappa shape index (κ1) is 14.6. The first-order valence-corrected chi connectivity index (χ1v) is 6.87. The first-order valence-electron chi connectivity index (χ1n) is 6.87. The zero-order valence-corrected chi connectivity index (χ0v) is 11.8. The number of methoxy groups -OCH3 is 1. The number of benzene rings is 2. The van der Waals surface area contributed by atoms with E-state index in [1.54, 1.807) is 7.11 Å². The molecule has 3 N–H and O–H groups in total. The van der Waals surface area contributed by atoms with Crippen molar-refractivity contribution in [3.05, 3.63) is 54.1 Å². The smallest absolute Gasteiger partial charge is 0.118 e. The van der Waals surface area contributed by atoms with Gasteiger partial charge in [0.15, 0.2) is 0 Å². The topological polar surface area (TPSA) is 55.5 Å². The minimum atomic E-state index is -0.427. The molecular formula is C17H21NO2. The van der Waals surface area contributed by atoms with Gasteiger partial charge in [-0.05, 0) is 48.2 Å². The predicted octanol–water partition coefficient (Wildman–Crippen LogP) is 3.13. The highest BCUT2D eigenvalue weighted by molar-refractivity contribution is 5.64. The van der Waals surface area contributed by atoms with Crippen molar-refractivity contribution < 1.29 is 9.84 Å². The van der Waals surface area contributed by atoms with Crippen LogP contribution < -0.4 is 10.5 Å². The fraction of sp³-hybridized carbons (Fsp3) is 0.294. The van der Waals surface area contributed by atoms with Crippen LogP contribution in [0.15, 0.2) is 48.5 Å². The van der Waals surface area contributed by atoms with Crippen LogP contribution in [0.3, 0.4) is 0 Å². The van der Waals surface area contributed by atoms with E-state index in [0.29, 0.717) is 13.0 Å². The van der Waals surface area contributed by atoms with E-state index in [0.717, 1.165) is 28.9 Å². The van der Waals surface area contributed by atoms with Gasteiger partial charge in [0.25, 0.3) is 0 Å². The summed E-state index contributed by atoms with van der Waals surface area (Å²) in [5.41, 5.74) is 8.66. The third kappa shape index (κ3) is 3.59. The lowest BCUT2D eigenvalue weighted by atomic mass is 10.00. The van der Waals surface area contributed by atoms with Gasteiger partial charge >= 0.3 is 0 Å². The molecule has 3 heteroatoms. The second-order valence-corrected chi connectivity index (χ2v) is 4.80. The summed E-state index contributed by atoms with van der Waals surface area (Å²) in [4.78, 5) is 0. The summed E-state index contributed by atoms with van der Waals surface area (Å²) in [6.45, 7) is 0.612. The van der Waals surface area contributed by atoms with Crippen LogP contribution in [-0.2, 0) is 0 Å². The Labute approximate surface area is 120 Å². The van der Waals surface area contributed by atoms with Crippen LogP contribution in [0.25, 0.3) is 11.1 Å². The molecule has 0 aliphatic carbocycles. The van der Waals surface area contributed by atoms with Crippen LogP contribution in [0.4, 0.5) is 0 Å². The maximum atomic E-state index is 10.0. The van der Waals surface area contributed by atoms with Gasteiger partial charge in [-0.2, -0.15) is 0 Å². The number of aliphatic hydroxyl groups is 1. The number of aliphatic hydroxyl groups excluding tert-OH is 1. The van der Waals surface area contributed by atoms with E-state index in [-0.39, 0.29) is 0 Å². The molecule has 0 aliphatic heterocycles. The monoisotopic (exact) mass is 271 g/mol. The molecule has 106 valence electrons. The standard InChI is InChI=1S/C17H21NO2/c1-20-16-10-8-14(9-11-16)13-4-6-15(7-5-13)17(19)3-2-12-18/h4-11,17,19H,2-3,12,18H2,1H3. The van der Waals surface area contributed by atoms with Gasteiger partial charge in [0.05, 0.1) is 13.2 Å². The third-order valence-electron chi connectivity index (χ3n) is 3.40. The molecule has 0 radical (unpaired) electrons. The lowest BCUT2D eigenvalue weighted by Gasteiger charge is -2.11. The summed E-state index contributed by atoms with van der Waals surface area (Å²) in [6.07, 6.45) is 1.11. The summed E-state index contributed by atoms with van der Waals surface area (Å²) in [5.74, 6) is 0.850. The Morgan fingerprint density at radius 1 is 1.00 bits per heavy atom. The van der Waals surface area contributed by atoms with Gasteiger partial charge in [-0.1, -0.05) is 36.4 Å². The lowest BCUT2D eigenvalue weighted by Crippen LogP contribution is -2.03. The molecule has 0 fully saturated rings. The average Bonchev–Trinajstić information content (AvgIpc) is 2.53. The van der Waals surface area contributed by atoms with E-state index < -0.39 is 6.10 Å². The van der Waals surface area contributed by atoms with Crippen molar-refractivity contribution in [2.75, 3.05) is 13.7 Å². The maximum absolute atomic E-state index is 10.0. The number of nitrogens with two attached hydrogens (primary N) is 1. The Bertz CT molecular complexity index is 520. The number of ether oxygens (including phenoxy) is 1. The fourth-order valence-electron chi connectivity index (χ4n) is 2.16. The molecule has 1 unspecified atom stereocenters. The molecule has 20 heavy (non-hydrogen) atoms. The van der Waals surface area contributed by atoms with Gasteiger partial charge in [-0.3, -0.25) is 0 Å². The van der Waals surface area contributed by atoms with Crippen LogP contribution in [0.1, 0.15) is 24.5 Å². The molecule has 2 aromatic carbocycles. The zero-order chi connectivity index (χ0) is 14.4. The summed E-state index contributed by atoms with van der Waals surface area (Å²) in [6, 6.07) is 15.9. The second kappa shape index (κ2) is 7.08. The maximum Gasteiger partial charge on any atom is 0.118 e. The molecule has 1 atom stereocenters. The van der Waals surface area contributed by atoms with Gasteiger partial charge in [0.1, 0.15) is 5.75 Å². The van der Waals surface area contributed by atoms with E-state index >= 15 is 0 Å². The normalized spacial score (nSPS) is 12.2. The van der Waals surface area contributed by atoms with Gasteiger partial charge in [-0.15, -0.1) is 0 Å². The van der Waals surface area contributed by atoms with Crippen molar-refractivity contribution in [1.29, 1.82) is 0 Å². The molecule has 2 aromatic rings. The zero-order valence-electron chi connectivity index (χ0n) is 11.8. The van der Waals surface area contributed by atoms with Crippen LogP contribution in [0.2, 0.25) is 0 Å². The highest BCUT2D eigenvalue weighted by Gasteiger charge is 2.07. The summed E-state index contributed by atoms with van der Waals surface area (Å²) >= 11 is 0. The molecule has 0 amide bonds. The van der Waals surface area contributed by atoms with Crippen molar-refractivity contribution in [1.82, 2.24) is 0 Å². The van der Waals surface area contributed by atoms with Crippen LogP contribution in [0, 0.1) is 0 Å². The summed E-state index contributed by atoms with van der Waals surface area (Å²) in [7, 11) is 1.66. The fourth-order valence-corrected chi connectivity index (χ4v) is 2.16. The largest absolute Gasteiger partial charge is 0.497 e. The molecule has 0 spiro atoms. The molecular weight excluding hydrogens is 250 g/mol. The van der Waals surface area contributed by atoms with E-state index in [2.05, 4.69) is 0 Å². The highest BCUT2D eigenvalue weighted by atomic mass is 16.5. The molecule has 0 saturated heterocycles. The van der Waals surface area contributed by atoms with Crippen molar-refractivity contribution in [3.63, 3.8) is 0 Å². The minimum absolute atomic E-state index is 0.427. The Hall–Kier alpha value is -1.84. The quantitative estimate of drug-likeness (QED) is 0.848. The van der Waals surface area contributed by atoms with Crippen molar-refractivity contribution >= 4 is 0 Å². The van der Waals surface area contributed by atoms with E-state index in [1.165, 1.54) is 0 Å². The molecule has 0 heterocycles. The third-order valence-corrected chi connectivity index (χ3v) is 3.40. The van der Waals surface area contributed by atoms with Gasteiger partial charge in [0, 0.05) is 0 Å². The Kier molecular flexibility index (Phi) is 5.16. The molecule has 3 nitrogen and oxygen atoms in total. The van der Waals surface area contributed by atoms with E-state index in [9.17, 15) is 5.11 Å². The molecule has 0 aliphatic rings. The summed E-state index contributed by atoms with van der Waals surface area (Å²) < 4.78 is 5.15. The van der Waals surface area contributed by atoms with Crippen LogP contribution in [-0.4, -0.2) is 18.8 Å². The number of hydrogen-bond donors (Lipinski definition) is 2. The van der Waals surface area contributed by atoms with Gasteiger partial charge in [0.2, 0.25) is 0 Å². The minimum Gasteiger partial charge on any atom is -0.497 e. The first-order chi connectivity index (χ1) is 9.74. The highest BCUT2D eigenvalue weighted by Crippen LogP contribution is 2.25. The van der Waals surface area contributed by atoms with Crippen LogP contribution >= 0.6 is 0 Å². The Morgan fingerprint density at radius 3 is 2.05 bits per heavy atom. The van der Waals surface area contributed by atoms with Crippen molar-refractivity contribution in [2.24, 2.45) is 5.73 Å².